The Kier molecular flexibility index (Phi) is 4.47. The minimum atomic E-state index is -0.170. The minimum absolute atomic E-state index is 0.170. The smallest absolute Gasteiger partial charge is 0.0652 e. The van der Waals surface area contributed by atoms with Gasteiger partial charge in [-0.3, -0.25) is 0 Å². The summed E-state index contributed by atoms with van der Waals surface area (Å²) in [7, 11) is 0. The summed E-state index contributed by atoms with van der Waals surface area (Å²) >= 11 is 1.91. The van der Waals surface area contributed by atoms with E-state index in [0.29, 0.717) is 0 Å². The van der Waals surface area contributed by atoms with E-state index in [4.69, 9.17) is 0 Å². The van der Waals surface area contributed by atoms with Crippen LogP contribution in [0.2, 0.25) is 0 Å². The van der Waals surface area contributed by atoms with Crippen molar-refractivity contribution in [3.8, 4) is 22.3 Å². The van der Waals surface area contributed by atoms with Gasteiger partial charge in [0.25, 0.3) is 0 Å². The summed E-state index contributed by atoms with van der Waals surface area (Å²) in [5, 5.41) is 10.7. The van der Waals surface area contributed by atoms with Crippen LogP contribution in [0.1, 0.15) is 25.0 Å². The normalized spacial score (nSPS) is 14.6. The van der Waals surface area contributed by atoms with Crippen molar-refractivity contribution < 1.29 is 0 Å². The highest BCUT2D eigenvalue weighted by molar-refractivity contribution is 7.26. The van der Waals surface area contributed by atoms with Crippen LogP contribution in [0, 0.1) is 0 Å². The van der Waals surface area contributed by atoms with E-state index in [2.05, 4.69) is 151 Å². The fraction of sp³-hybridized carbons (Fsp3) is 0.0667. The summed E-state index contributed by atoms with van der Waals surface area (Å²) in [5.74, 6) is 0. The number of aromatic nitrogens is 1. The lowest BCUT2D eigenvalue weighted by Crippen LogP contribution is -2.18. The topological polar surface area (TPSA) is 19.0 Å². The second-order valence-corrected chi connectivity index (χ2v) is 15.2. The van der Waals surface area contributed by atoms with Gasteiger partial charge in [0.2, 0.25) is 0 Å². The van der Waals surface area contributed by atoms with Crippen molar-refractivity contribution in [3.63, 3.8) is 0 Å². The first-order valence-corrected chi connectivity index (χ1v) is 17.6. The monoisotopic (exact) mass is 628 g/mol. The Hall–Kier alpha value is -5.64. The molecule has 1 aliphatic carbocycles. The van der Waals surface area contributed by atoms with Gasteiger partial charge >= 0.3 is 0 Å². The van der Waals surface area contributed by atoms with E-state index in [0.717, 1.165) is 0 Å². The lowest BCUT2D eigenvalue weighted by Gasteiger charge is -2.34. The second kappa shape index (κ2) is 8.44. The molecule has 3 heterocycles. The van der Waals surface area contributed by atoms with Crippen molar-refractivity contribution in [1.82, 2.24) is 4.98 Å². The predicted molar refractivity (Wildman–Crippen MR) is 206 cm³/mol. The first-order valence-electron chi connectivity index (χ1n) is 16.8. The first kappa shape index (κ1) is 25.4. The third-order valence-corrected chi connectivity index (χ3v) is 12.6. The van der Waals surface area contributed by atoms with Gasteiger partial charge in [-0.2, -0.15) is 0 Å². The van der Waals surface area contributed by atoms with E-state index in [1.54, 1.807) is 0 Å². The van der Waals surface area contributed by atoms with E-state index in [1.165, 1.54) is 114 Å². The van der Waals surface area contributed by atoms with Crippen LogP contribution in [-0.4, -0.2) is 4.98 Å². The van der Waals surface area contributed by atoms with Gasteiger partial charge in [0.05, 0.1) is 21.6 Å². The quantitative estimate of drug-likeness (QED) is 0.179. The Labute approximate surface area is 280 Å². The van der Waals surface area contributed by atoms with Crippen LogP contribution in [0.25, 0.3) is 85.8 Å². The van der Waals surface area contributed by atoms with Crippen molar-refractivity contribution in [2.45, 2.75) is 19.3 Å². The number of thiophene rings is 1. The summed E-state index contributed by atoms with van der Waals surface area (Å²) < 4.78 is 2.70. The second-order valence-electron chi connectivity index (χ2n) is 14.2. The van der Waals surface area contributed by atoms with Crippen LogP contribution in [0.3, 0.4) is 0 Å². The molecule has 0 saturated carbocycles. The number of benzene rings is 8. The highest BCUT2D eigenvalue weighted by atomic mass is 32.1. The zero-order chi connectivity index (χ0) is 31.5. The van der Waals surface area contributed by atoms with Gasteiger partial charge in [-0.1, -0.05) is 98.8 Å². The number of rotatable bonds is 1. The molecule has 0 amide bonds. The Bertz CT molecular complexity index is 3040. The highest BCUT2D eigenvalue weighted by Gasteiger charge is 2.39. The number of nitrogens with one attached hydrogen (secondary N) is 1. The molecule has 1 aliphatic heterocycles. The van der Waals surface area contributed by atoms with Crippen LogP contribution in [0.15, 0.2) is 127 Å². The minimum Gasteiger partial charge on any atom is -0.353 e. The van der Waals surface area contributed by atoms with Crippen molar-refractivity contribution in [1.29, 1.82) is 0 Å². The lowest BCUT2D eigenvalue weighted by molar-refractivity contribution is 0.666. The standard InChI is InChI=1S/C45H28N2S/c1-45(2)34-22-26(47-36-14-5-3-11-28(36)30-13-7-9-24-10-8-15-37(47)39(24)30)18-20-27(34)32-23-35-41-31(42(32)45)19-17-25-21-33-29-12-4-6-16-38(29)48-44(33)43(46-35)40(25)41/h3-23,46H,1-2H3. The van der Waals surface area contributed by atoms with Gasteiger partial charge in [-0.25, -0.2) is 0 Å². The zero-order valence-electron chi connectivity index (χ0n) is 26.5. The van der Waals surface area contributed by atoms with Crippen LogP contribution in [-0.2, 0) is 5.41 Å². The Morgan fingerprint density at radius 3 is 2.31 bits per heavy atom. The third-order valence-electron chi connectivity index (χ3n) is 11.4. The van der Waals surface area contributed by atoms with Crippen LogP contribution in [0.5, 0.6) is 0 Å². The molecule has 2 aromatic heterocycles. The predicted octanol–water partition coefficient (Wildman–Crippen LogP) is 13.2. The van der Waals surface area contributed by atoms with Crippen LogP contribution >= 0.6 is 11.3 Å². The fourth-order valence-corrected chi connectivity index (χ4v) is 10.6. The molecule has 0 unspecified atom stereocenters. The average Bonchev–Trinajstić information content (AvgIpc) is 3.76. The molecular formula is C45H28N2S. The molecule has 0 bridgehead atoms. The maximum atomic E-state index is 3.95. The molecule has 0 fully saturated rings. The summed E-state index contributed by atoms with van der Waals surface area (Å²) in [6, 6.07) is 47.9. The summed E-state index contributed by atoms with van der Waals surface area (Å²) in [4.78, 5) is 6.43. The van der Waals surface area contributed by atoms with Gasteiger partial charge in [-0.05, 0) is 86.4 Å². The van der Waals surface area contributed by atoms with Crippen molar-refractivity contribution >= 4 is 91.9 Å². The Morgan fingerprint density at radius 2 is 1.38 bits per heavy atom. The number of hydrogen-bond donors (Lipinski definition) is 1. The lowest BCUT2D eigenvalue weighted by atomic mass is 9.79. The van der Waals surface area contributed by atoms with Gasteiger partial charge in [-0.15, -0.1) is 11.3 Å². The molecule has 8 aromatic carbocycles. The number of H-pyrrole nitrogens is 1. The van der Waals surface area contributed by atoms with Gasteiger partial charge in [0.15, 0.2) is 0 Å². The maximum absolute atomic E-state index is 3.95. The molecule has 0 radical (unpaired) electrons. The summed E-state index contributed by atoms with van der Waals surface area (Å²) in [6.07, 6.45) is 0. The molecule has 224 valence electrons. The van der Waals surface area contributed by atoms with Gasteiger partial charge in [0, 0.05) is 53.8 Å². The molecular weight excluding hydrogens is 601 g/mol. The Balaban J connectivity index is 1.11. The van der Waals surface area contributed by atoms with E-state index in [9.17, 15) is 0 Å². The SMILES string of the molecule is CC1(C)c2cc(N3c4ccccc4-c4cccc5cccc3c45)ccc2-c2cc3[nH]c4c5sc6ccccc6c5cc5ccc(c21)c3c54. The fourth-order valence-electron chi connectivity index (χ4n) is 9.43. The van der Waals surface area contributed by atoms with Crippen molar-refractivity contribution in [2.24, 2.45) is 0 Å². The van der Waals surface area contributed by atoms with E-state index in [1.807, 2.05) is 11.3 Å². The summed E-state index contributed by atoms with van der Waals surface area (Å²) in [6.45, 7) is 4.85. The molecule has 1 N–H and O–H groups in total. The number of hydrogen-bond acceptors (Lipinski definition) is 2. The number of para-hydroxylation sites is 1. The molecule has 0 saturated heterocycles. The van der Waals surface area contributed by atoms with Crippen molar-refractivity contribution in [2.75, 3.05) is 4.90 Å². The van der Waals surface area contributed by atoms with Gasteiger partial charge in [0.1, 0.15) is 0 Å². The molecule has 0 atom stereocenters. The first-order chi connectivity index (χ1) is 23.6. The van der Waals surface area contributed by atoms with Crippen LogP contribution in [0.4, 0.5) is 17.1 Å². The third kappa shape index (κ3) is 2.92. The largest absolute Gasteiger partial charge is 0.353 e. The number of fused-ring (bicyclic) bond motifs is 10. The highest BCUT2D eigenvalue weighted by Crippen LogP contribution is 2.57. The van der Waals surface area contributed by atoms with Crippen LogP contribution < -0.4 is 4.90 Å². The van der Waals surface area contributed by atoms with E-state index < -0.39 is 0 Å². The molecule has 0 spiro atoms. The molecule has 2 aliphatic rings. The number of anilines is 3. The van der Waals surface area contributed by atoms with E-state index >= 15 is 0 Å². The molecule has 2 nitrogen and oxygen atoms in total. The molecule has 12 rings (SSSR count). The Morgan fingerprint density at radius 1 is 0.562 bits per heavy atom. The zero-order valence-corrected chi connectivity index (χ0v) is 27.3. The summed E-state index contributed by atoms with van der Waals surface area (Å²) in [5.41, 5.74) is 14.1. The number of aromatic amines is 1. The van der Waals surface area contributed by atoms with Crippen molar-refractivity contribution in [3.05, 3.63) is 139 Å². The molecule has 48 heavy (non-hydrogen) atoms. The van der Waals surface area contributed by atoms with Gasteiger partial charge < -0.3 is 9.88 Å². The molecule has 3 heteroatoms. The number of nitrogens with zero attached hydrogens (tertiary/aromatic N) is 1. The molecule has 10 aromatic rings. The average molecular weight is 629 g/mol. The van der Waals surface area contributed by atoms with E-state index in [-0.39, 0.29) is 5.41 Å². The maximum Gasteiger partial charge on any atom is 0.0652 e.